The van der Waals surface area contributed by atoms with Crippen LogP contribution >= 0.6 is 0 Å². The predicted octanol–water partition coefficient (Wildman–Crippen LogP) is -0.376. The van der Waals surface area contributed by atoms with E-state index in [1.165, 1.54) is 4.90 Å². The lowest BCUT2D eigenvalue weighted by molar-refractivity contribution is -0.155. The number of hydrogen-bond donors (Lipinski definition) is 1. The van der Waals surface area contributed by atoms with E-state index in [0.717, 1.165) is 12.8 Å². The third-order valence-corrected chi connectivity index (χ3v) is 5.63. The van der Waals surface area contributed by atoms with Gasteiger partial charge in [-0.2, -0.15) is 13.5 Å². The minimum absolute atomic E-state index is 0.138. The second kappa shape index (κ2) is 7.37. The number of piperidine rings is 1. The van der Waals surface area contributed by atoms with Crippen molar-refractivity contribution in [2.24, 2.45) is 11.7 Å². The Bertz CT molecular complexity index is 690. The summed E-state index contributed by atoms with van der Waals surface area (Å²) >= 11 is 0. The molecule has 3 fully saturated rings. The molecule has 12 heteroatoms. The fraction of sp³-hybridized carbons (Fsp3) is 0.786. The van der Waals surface area contributed by atoms with Crippen LogP contribution in [0.1, 0.15) is 38.5 Å². The zero-order chi connectivity index (χ0) is 18.9. The van der Waals surface area contributed by atoms with Gasteiger partial charge in [0.15, 0.2) is 0 Å². The van der Waals surface area contributed by atoms with Gasteiger partial charge in [-0.1, -0.05) is 12.8 Å². The Morgan fingerprint density at radius 1 is 1.15 bits per heavy atom. The average molecular weight is 391 g/mol. The number of nitrogens with zero attached hydrogens (tertiary/aromatic N) is 2. The monoisotopic (exact) mass is 391 g/mol. The van der Waals surface area contributed by atoms with Crippen molar-refractivity contribution >= 4 is 28.3 Å². The molecule has 1 aliphatic carbocycles. The largest absolute Gasteiger partial charge is 0.437 e. The first-order valence-electron chi connectivity index (χ1n) is 8.43. The lowest BCUT2D eigenvalue weighted by Gasteiger charge is -2.27. The van der Waals surface area contributed by atoms with Crippen molar-refractivity contribution in [3.8, 4) is 0 Å². The average Bonchev–Trinajstić information content (AvgIpc) is 3.19. The van der Waals surface area contributed by atoms with Gasteiger partial charge in [0.2, 0.25) is 12.7 Å². The van der Waals surface area contributed by atoms with E-state index in [1.807, 2.05) is 0 Å². The second-order valence-corrected chi connectivity index (χ2v) is 7.77. The van der Waals surface area contributed by atoms with Gasteiger partial charge in [0.05, 0.1) is 12.0 Å². The first-order valence-corrected chi connectivity index (χ1v) is 9.76. The van der Waals surface area contributed by atoms with Crippen molar-refractivity contribution in [3.63, 3.8) is 0 Å². The number of esters is 1. The summed E-state index contributed by atoms with van der Waals surface area (Å²) in [4.78, 5) is 36.5. The molecule has 2 N–H and O–H groups in total. The fourth-order valence-electron chi connectivity index (χ4n) is 3.57. The minimum atomic E-state index is -4.61. The van der Waals surface area contributed by atoms with E-state index in [4.69, 9.17) is 14.8 Å². The Balaban J connectivity index is 1.52. The summed E-state index contributed by atoms with van der Waals surface area (Å²) in [6.45, 7) is -0.684. The van der Waals surface area contributed by atoms with Gasteiger partial charge in [-0.3, -0.25) is 9.59 Å². The lowest BCUT2D eigenvalue weighted by atomic mass is 10.0. The molecule has 0 aromatic rings. The highest BCUT2D eigenvalue weighted by molar-refractivity contribution is 7.81. The predicted molar refractivity (Wildman–Crippen MR) is 84.0 cm³/mol. The van der Waals surface area contributed by atoms with Gasteiger partial charge in [0, 0.05) is 6.54 Å². The van der Waals surface area contributed by atoms with Crippen molar-refractivity contribution in [2.75, 3.05) is 13.3 Å². The van der Waals surface area contributed by atoms with Crippen LogP contribution in [-0.2, 0) is 33.2 Å². The fourth-order valence-corrected chi connectivity index (χ4v) is 4.16. The Kier molecular flexibility index (Phi) is 5.34. The maximum Gasteiger partial charge on any atom is 0.424 e. The van der Waals surface area contributed by atoms with Crippen molar-refractivity contribution in [1.82, 2.24) is 9.96 Å². The second-order valence-electron chi connectivity index (χ2n) is 6.57. The molecule has 0 spiro atoms. The molecule has 26 heavy (non-hydrogen) atoms. The van der Waals surface area contributed by atoms with Gasteiger partial charge in [-0.05, 0) is 25.7 Å². The molecule has 2 aliphatic heterocycles. The quantitative estimate of drug-likeness (QED) is 0.457. The van der Waals surface area contributed by atoms with Crippen molar-refractivity contribution in [3.05, 3.63) is 0 Å². The number of carbonyl (C=O) groups is 3. The highest BCUT2D eigenvalue weighted by atomic mass is 32.3. The van der Waals surface area contributed by atoms with Gasteiger partial charge in [0.1, 0.15) is 6.04 Å². The van der Waals surface area contributed by atoms with Crippen LogP contribution in [0.2, 0.25) is 0 Å². The number of nitrogens with two attached hydrogens (primary N) is 1. The van der Waals surface area contributed by atoms with Crippen LogP contribution in [0, 0.1) is 5.92 Å². The van der Waals surface area contributed by atoms with Crippen molar-refractivity contribution in [1.29, 1.82) is 0 Å². The molecule has 3 aliphatic rings. The zero-order valence-electron chi connectivity index (χ0n) is 14.0. The van der Waals surface area contributed by atoms with E-state index in [2.05, 4.69) is 4.18 Å². The number of primary amides is 1. The Hall–Kier alpha value is -1.92. The van der Waals surface area contributed by atoms with E-state index < -0.39 is 47.2 Å². The van der Waals surface area contributed by atoms with Gasteiger partial charge in [0.25, 0.3) is 0 Å². The summed E-state index contributed by atoms with van der Waals surface area (Å²) in [7, 11) is -4.61. The molecule has 146 valence electrons. The molecular weight excluding hydrogens is 370 g/mol. The molecule has 0 unspecified atom stereocenters. The summed E-state index contributed by atoms with van der Waals surface area (Å²) in [5, 5.41) is 0.664. The number of hydrogen-bond acceptors (Lipinski definition) is 8. The number of hydroxylamine groups is 2. The van der Waals surface area contributed by atoms with Crippen LogP contribution in [0.15, 0.2) is 0 Å². The normalized spacial score (nSPS) is 26.4. The standard InChI is InChI=1S/C14H21N3O8S/c15-12(18)11-6-5-10-7-16(11)14(20)17(10)25-26(21,22)24-8-23-13(19)9-3-1-2-4-9/h9-11H,1-8H2,(H2,15,18)/t10-,11+/m1/s1. The summed E-state index contributed by atoms with van der Waals surface area (Å²) in [6, 6.07) is -2.09. The van der Waals surface area contributed by atoms with Crippen molar-refractivity contribution in [2.45, 2.75) is 50.6 Å². The van der Waals surface area contributed by atoms with Crippen LogP contribution in [0.3, 0.4) is 0 Å². The van der Waals surface area contributed by atoms with Gasteiger partial charge in [-0.15, -0.1) is 4.28 Å². The number of ether oxygens (including phenoxy) is 1. The number of carbonyl (C=O) groups excluding carboxylic acids is 3. The highest BCUT2D eigenvalue weighted by Gasteiger charge is 2.49. The SMILES string of the molecule is NC(=O)[C@@H]1CC[C@@H]2CN1C(=O)N2OS(=O)(=O)OCOC(=O)C1CCCC1. The van der Waals surface area contributed by atoms with E-state index in [-0.39, 0.29) is 12.5 Å². The molecule has 1 saturated carbocycles. The third kappa shape index (κ3) is 3.91. The molecule has 0 aromatic heterocycles. The van der Waals surface area contributed by atoms with Gasteiger partial charge in [-0.25, -0.2) is 8.98 Å². The van der Waals surface area contributed by atoms with E-state index in [0.29, 0.717) is 30.7 Å². The molecule has 2 bridgehead atoms. The maximum atomic E-state index is 12.2. The molecule has 2 saturated heterocycles. The summed E-state index contributed by atoms with van der Waals surface area (Å²) in [5.41, 5.74) is 5.25. The Morgan fingerprint density at radius 3 is 2.50 bits per heavy atom. The number of amides is 3. The topological polar surface area (TPSA) is 146 Å². The van der Waals surface area contributed by atoms with Crippen LogP contribution in [0.5, 0.6) is 0 Å². The highest BCUT2D eigenvalue weighted by Crippen LogP contribution is 2.31. The first kappa shape index (κ1) is 18.9. The van der Waals surface area contributed by atoms with Crippen LogP contribution in [-0.4, -0.2) is 61.7 Å². The van der Waals surface area contributed by atoms with E-state index in [1.54, 1.807) is 0 Å². The smallest absolute Gasteiger partial charge is 0.424 e. The van der Waals surface area contributed by atoms with Crippen LogP contribution in [0.4, 0.5) is 4.79 Å². The lowest BCUT2D eigenvalue weighted by Crippen LogP contribution is -2.47. The molecule has 3 amide bonds. The minimum Gasteiger partial charge on any atom is -0.437 e. The molecule has 3 rings (SSSR count). The zero-order valence-corrected chi connectivity index (χ0v) is 14.9. The van der Waals surface area contributed by atoms with Gasteiger partial charge < -0.3 is 15.4 Å². The molecule has 0 aromatic carbocycles. The molecule has 2 atom stereocenters. The molecular formula is C14H21N3O8S. The molecule has 2 heterocycles. The third-order valence-electron chi connectivity index (χ3n) is 4.91. The van der Waals surface area contributed by atoms with Crippen molar-refractivity contribution < 1.29 is 36.0 Å². The van der Waals surface area contributed by atoms with E-state index in [9.17, 15) is 22.8 Å². The van der Waals surface area contributed by atoms with Crippen LogP contribution in [0.25, 0.3) is 0 Å². The number of fused-ring (bicyclic) bond motifs is 2. The summed E-state index contributed by atoms with van der Waals surface area (Å²) in [6.07, 6.45) is 3.98. The van der Waals surface area contributed by atoms with E-state index >= 15 is 0 Å². The summed E-state index contributed by atoms with van der Waals surface area (Å²) < 4.78 is 37.8. The molecule has 0 radical (unpaired) electrons. The number of urea groups is 1. The van der Waals surface area contributed by atoms with Crippen LogP contribution < -0.4 is 5.73 Å². The molecule has 11 nitrogen and oxygen atoms in total. The number of rotatable bonds is 7. The summed E-state index contributed by atoms with van der Waals surface area (Å²) in [5.74, 6) is -1.40. The first-order chi connectivity index (χ1) is 12.3. The Morgan fingerprint density at radius 2 is 1.85 bits per heavy atom. The Labute approximate surface area is 150 Å². The maximum absolute atomic E-state index is 12.2. The van der Waals surface area contributed by atoms with Gasteiger partial charge >= 0.3 is 22.4 Å².